The molecule has 8 heteroatoms. The summed E-state index contributed by atoms with van der Waals surface area (Å²) in [6.07, 6.45) is 2.62. The molecule has 1 N–H and O–H groups in total. The minimum atomic E-state index is -0.214. The Morgan fingerprint density at radius 1 is 1.12 bits per heavy atom. The van der Waals surface area contributed by atoms with Gasteiger partial charge in [0.25, 0.3) is 5.91 Å². The van der Waals surface area contributed by atoms with Gasteiger partial charge in [0, 0.05) is 0 Å². The molecule has 1 aliphatic rings. The highest BCUT2D eigenvalue weighted by molar-refractivity contribution is 8.18. The van der Waals surface area contributed by atoms with E-state index in [0.29, 0.717) is 39.8 Å². The summed E-state index contributed by atoms with van der Waals surface area (Å²) in [5.74, 6) is 1.64. The molecule has 0 bridgehead atoms. The first kappa shape index (κ1) is 24.0. The molecular formula is C24H27ClN2O4S. The first-order valence-corrected chi connectivity index (χ1v) is 11.8. The molecule has 3 rings (SSSR count). The number of thioether (sulfide) groups is 1. The van der Waals surface area contributed by atoms with E-state index < -0.39 is 0 Å². The predicted octanol–water partition coefficient (Wildman–Crippen LogP) is 6.21. The minimum absolute atomic E-state index is 0.00782. The number of aliphatic imine (C=N–C) groups is 1. The zero-order valence-electron chi connectivity index (χ0n) is 18.6. The highest BCUT2D eigenvalue weighted by atomic mass is 35.5. The van der Waals surface area contributed by atoms with Gasteiger partial charge in [-0.05, 0) is 87.0 Å². The van der Waals surface area contributed by atoms with Crippen LogP contribution in [0.4, 0.5) is 5.69 Å². The van der Waals surface area contributed by atoms with E-state index >= 15 is 0 Å². The largest absolute Gasteiger partial charge is 0.494 e. The first-order chi connectivity index (χ1) is 15.4. The number of amides is 1. The normalized spacial score (nSPS) is 16.8. The molecule has 1 aliphatic heterocycles. The van der Waals surface area contributed by atoms with Crippen molar-refractivity contribution in [1.29, 1.82) is 0 Å². The van der Waals surface area contributed by atoms with Gasteiger partial charge in [-0.3, -0.25) is 4.79 Å². The molecule has 1 saturated heterocycles. The maximum absolute atomic E-state index is 12.5. The fourth-order valence-corrected chi connectivity index (χ4v) is 3.97. The number of carbonyl (C=O) groups excluding carboxylic acids is 1. The number of rotatable bonds is 9. The number of amidine groups is 1. The number of benzene rings is 2. The summed E-state index contributed by atoms with van der Waals surface area (Å²) in [6.45, 7) is 8.93. The quantitative estimate of drug-likeness (QED) is 0.438. The summed E-state index contributed by atoms with van der Waals surface area (Å²) in [6, 6.07) is 11.0. The number of hydrogen-bond donors (Lipinski definition) is 1. The van der Waals surface area contributed by atoms with Crippen molar-refractivity contribution < 1.29 is 19.0 Å². The van der Waals surface area contributed by atoms with Crippen LogP contribution in [0.2, 0.25) is 5.02 Å². The Balaban J connectivity index is 1.82. The van der Waals surface area contributed by atoms with Crippen LogP contribution in [0, 0.1) is 0 Å². The Hall–Kier alpha value is -2.64. The number of carbonyl (C=O) groups is 1. The van der Waals surface area contributed by atoms with Crippen molar-refractivity contribution in [2.75, 3.05) is 13.2 Å². The lowest BCUT2D eigenvalue weighted by atomic mass is 10.1. The maximum Gasteiger partial charge on any atom is 0.264 e. The zero-order valence-corrected chi connectivity index (χ0v) is 20.2. The van der Waals surface area contributed by atoms with Gasteiger partial charge in [0.05, 0.1) is 34.9 Å². The first-order valence-electron chi connectivity index (χ1n) is 10.6. The van der Waals surface area contributed by atoms with Crippen LogP contribution in [0.25, 0.3) is 6.08 Å². The number of nitrogens with one attached hydrogen (secondary N) is 1. The fourth-order valence-electron chi connectivity index (χ4n) is 2.87. The van der Waals surface area contributed by atoms with Gasteiger partial charge < -0.3 is 19.5 Å². The number of hydrogen-bond acceptors (Lipinski definition) is 6. The molecule has 0 unspecified atom stereocenters. The van der Waals surface area contributed by atoms with E-state index in [4.69, 9.17) is 25.8 Å². The van der Waals surface area contributed by atoms with Crippen molar-refractivity contribution in [2.24, 2.45) is 4.99 Å². The summed E-state index contributed by atoms with van der Waals surface area (Å²) < 4.78 is 17.1. The van der Waals surface area contributed by atoms with Crippen LogP contribution in [-0.4, -0.2) is 30.4 Å². The maximum atomic E-state index is 12.5. The molecule has 0 aromatic heterocycles. The van der Waals surface area contributed by atoms with Crippen molar-refractivity contribution in [3.63, 3.8) is 0 Å². The third-order valence-corrected chi connectivity index (χ3v) is 5.74. The monoisotopic (exact) mass is 474 g/mol. The second-order valence-electron chi connectivity index (χ2n) is 7.01. The van der Waals surface area contributed by atoms with E-state index in [2.05, 4.69) is 10.3 Å². The highest BCUT2D eigenvalue weighted by Crippen LogP contribution is 2.39. The standard InChI is InChI=1S/C24H27ClN2O4S/c1-5-15(4)31-22-19(25)12-16(13-20(22)30-7-3)14-21-23(28)27-24(32-21)26-17-8-10-18(11-9-17)29-6-2/h8-15H,5-7H2,1-4H3,(H,26,27,28)/b21-14+/t15-/m1/s1. The summed E-state index contributed by atoms with van der Waals surface area (Å²) in [7, 11) is 0. The molecule has 2 aromatic carbocycles. The molecule has 1 atom stereocenters. The molecule has 1 fully saturated rings. The van der Waals surface area contributed by atoms with Gasteiger partial charge in [0.1, 0.15) is 5.75 Å². The van der Waals surface area contributed by atoms with Crippen LogP contribution < -0.4 is 19.5 Å². The topological polar surface area (TPSA) is 69.2 Å². The van der Waals surface area contributed by atoms with E-state index in [9.17, 15) is 4.79 Å². The second kappa shape index (κ2) is 11.3. The summed E-state index contributed by atoms with van der Waals surface area (Å²) in [5, 5.41) is 3.75. The Labute approximate surface area is 198 Å². The molecule has 0 saturated carbocycles. The van der Waals surface area contributed by atoms with Crippen molar-refractivity contribution >= 4 is 46.2 Å². The molecule has 1 heterocycles. The zero-order chi connectivity index (χ0) is 23.1. The Morgan fingerprint density at radius 3 is 2.50 bits per heavy atom. The molecule has 1 amide bonds. The van der Waals surface area contributed by atoms with E-state index in [0.717, 1.165) is 23.4 Å². The molecule has 6 nitrogen and oxygen atoms in total. The van der Waals surface area contributed by atoms with Gasteiger partial charge in [0.15, 0.2) is 16.7 Å². The van der Waals surface area contributed by atoms with Gasteiger partial charge in [-0.15, -0.1) is 0 Å². The smallest absolute Gasteiger partial charge is 0.264 e. The molecule has 0 radical (unpaired) electrons. The van der Waals surface area contributed by atoms with Gasteiger partial charge >= 0.3 is 0 Å². The molecule has 0 spiro atoms. The van der Waals surface area contributed by atoms with E-state index in [1.807, 2.05) is 58.0 Å². The van der Waals surface area contributed by atoms with E-state index in [1.54, 1.807) is 12.1 Å². The molecule has 2 aromatic rings. The van der Waals surface area contributed by atoms with Gasteiger partial charge in [-0.2, -0.15) is 0 Å². The Bertz CT molecular complexity index is 1020. The summed E-state index contributed by atoms with van der Waals surface area (Å²) in [5.41, 5.74) is 1.47. The predicted molar refractivity (Wildman–Crippen MR) is 131 cm³/mol. The average Bonchev–Trinajstić information content (AvgIpc) is 3.10. The van der Waals surface area contributed by atoms with E-state index in [1.165, 1.54) is 11.8 Å². The Morgan fingerprint density at radius 2 is 1.84 bits per heavy atom. The Kier molecular flexibility index (Phi) is 8.47. The van der Waals surface area contributed by atoms with Crippen molar-refractivity contribution in [3.05, 3.63) is 51.9 Å². The molecule has 32 heavy (non-hydrogen) atoms. The number of halogens is 1. The SMILES string of the molecule is CCOc1ccc(N=C2NC(=O)/C(=C\c3cc(Cl)c(O[C@H](C)CC)c(OCC)c3)S2)cc1. The summed E-state index contributed by atoms with van der Waals surface area (Å²) >= 11 is 7.76. The van der Waals surface area contributed by atoms with Crippen LogP contribution in [-0.2, 0) is 4.79 Å². The fraction of sp³-hybridized carbons (Fsp3) is 0.333. The second-order valence-corrected chi connectivity index (χ2v) is 8.45. The van der Waals surface area contributed by atoms with Gasteiger partial charge in [-0.1, -0.05) is 18.5 Å². The lowest BCUT2D eigenvalue weighted by Gasteiger charge is -2.18. The average molecular weight is 475 g/mol. The molecular weight excluding hydrogens is 448 g/mol. The third-order valence-electron chi connectivity index (χ3n) is 4.55. The number of nitrogens with zero attached hydrogens (tertiary/aromatic N) is 1. The van der Waals surface area contributed by atoms with E-state index in [-0.39, 0.29) is 12.0 Å². The lowest BCUT2D eigenvalue weighted by molar-refractivity contribution is -0.115. The van der Waals surface area contributed by atoms with Crippen molar-refractivity contribution in [1.82, 2.24) is 5.32 Å². The minimum Gasteiger partial charge on any atom is -0.494 e. The van der Waals surface area contributed by atoms with Gasteiger partial charge in [0.2, 0.25) is 0 Å². The third kappa shape index (κ3) is 6.20. The van der Waals surface area contributed by atoms with Crippen molar-refractivity contribution in [2.45, 2.75) is 40.2 Å². The highest BCUT2D eigenvalue weighted by Gasteiger charge is 2.24. The van der Waals surface area contributed by atoms with Crippen molar-refractivity contribution in [3.8, 4) is 17.2 Å². The van der Waals surface area contributed by atoms with Gasteiger partial charge in [-0.25, -0.2) is 4.99 Å². The van der Waals surface area contributed by atoms with Crippen LogP contribution >= 0.6 is 23.4 Å². The van der Waals surface area contributed by atoms with Crippen LogP contribution in [0.3, 0.4) is 0 Å². The molecule has 170 valence electrons. The summed E-state index contributed by atoms with van der Waals surface area (Å²) in [4.78, 5) is 17.5. The van der Waals surface area contributed by atoms with Crippen LogP contribution in [0.5, 0.6) is 17.2 Å². The number of ether oxygens (including phenoxy) is 3. The van der Waals surface area contributed by atoms with Crippen LogP contribution in [0.1, 0.15) is 39.7 Å². The molecule has 0 aliphatic carbocycles. The lowest BCUT2D eigenvalue weighted by Crippen LogP contribution is -2.19. The van der Waals surface area contributed by atoms with Crippen LogP contribution in [0.15, 0.2) is 46.3 Å².